The van der Waals surface area contributed by atoms with Gasteiger partial charge in [-0.1, -0.05) is 12.1 Å². The number of amides is 1. The van der Waals surface area contributed by atoms with E-state index in [-0.39, 0.29) is 18.1 Å². The van der Waals surface area contributed by atoms with Gasteiger partial charge in [0.1, 0.15) is 0 Å². The zero-order valence-electron chi connectivity index (χ0n) is 10.6. The molecule has 3 rings (SSSR count). The number of H-pyrrole nitrogens is 1. The Morgan fingerprint density at radius 2 is 2.11 bits per heavy atom. The predicted molar refractivity (Wildman–Crippen MR) is 71.8 cm³/mol. The van der Waals surface area contributed by atoms with E-state index in [1.165, 1.54) is 0 Å². The van der Waals surface area contributed by atoms with Crippen LogP contribution in [0.4, 0.5) is 0 Å². The molecule has 19 heavy (non-hydrogen) atoms. The molecule has 0 atom stereocenters. The molecule has 1 aliphatic carbocycles. The van der Waals surface area contributed by atoms with Gasteiger partial charge >= 0.3 is 0 Å². The van der Waals surface area contributed by atoms with E-state index in [1.807, 2.05) is 12.1 Å². The monoisotopic (exact) mass is 259 g/mol. The molecule has 5 nitrogen and oxygen atoms in total. The number of aliphatic hydroxyl groups excluding tert-OH is 1. The van der Waals surface area contributed by atoms with Crippen molar-refractivity contribution in [3.8, 4) is 0 Å². The molecule has 0 aliphatic heterocycles. The standard InChI is InChI=1S/C14H17N3O2/c18-11-6-4-10(5-7-11)16-14(19)12-3-1-2-9-8-15-17-13(9)12/h1-3,8,10-11,18H,4-7H2,(H,15,17)(H,16,19). The minimum Gasteiger partial charge on any atom is -0.393 e. The summed E-state index contributed by atoms with van der Waals surface area (Å²) < 4.78 is 0. The normalized spacial score (nSPS) is 23.4. The average Bonchev–Trinajstić information content (AvgIpc) is 2.89. The lowest BCUT2D eigenvalue weighted by Crippen LogP contribution is -2.38. The van der Waals surface area contributed by atoms with Crippen molar-refractivity contribution in [3.05, 3.63) is 30.0 Å². The van der Waals surface area contributed by atoms with Crippen molar-refractivity contribution in [3.63, 3.8) is 0 Å². The number of aliphatic hydroxyl groups is 1. The van der Waals surface area contributed by atoms with Gasteiger partial charge in [-0.15, -0.1) is 0 Å². The molecule has 1 aromatic carbocycles. The number of para-hydroxylation sites is 1. The van der Waals surface area contributed by atoms with E-state index in [1.54, 1.807) is 12.3 Å². The van der Waals surface area contributed by atoms with E-state index >= 15 is 0 Å². The number of rotatable bonds is 2. The number of fused-ring (bicyclic) bond motifs is 1. The lowest BCUT2D eigenvalue weighted by Gasteiger charge is -2.26. The highest BCUT2D eigenvalue weighted by Gasteiger charge is 2.22. The van der Waals surface area contributed by atoms with E-state index in [0.717, 1.165) is 36.6 Å². The molecule has 0 unspecified atom stereocenters. The maximum Gasteiger partial charge on any atom is 0.253 e. The van der Waals surface area contributed by atoms with E-state index in [2.05, 4.69) is 15.5 Å². The molecule has 1 heterocycles. The van der Waals surface area contributed by atoms with Gasteiger partial charge in [-0.3, -0.25) is 9.89 Å². The molecule has 0 bridgehead atoms. The van der Waals surface area contributed by atoms with E-state index < -0.39 is 0 Å². The number of nitrogens with zero attached hydrogens (tertiary/aromatic N) is 1. The zero-order valence-corrected chi connectivity index (χ0v) is 10.6. The summed E-state index contributed by atoms with van der Waals surface area (Å²) in [4.78, 5) is 12.3. The third-order valence-corrected chi connectivity index (χ3v) is 3.75. The second kappa shape index (κ2) is 5.01. The van der Waals surface area contributed by atoms with E-state index in [0.29, 0.717) is 5.56 Å². The molecular formula is C14H17N3O2. The lowest BCUT2D eigenvalue weighted by atomic mass is 9.93. The maximum absolute atomic E-state index is 12.3. The SMILES string of the molecule is O=C(NC1CCC(O)CC1)c1cccc2cn[nH]c12. The summed E-state index contributed by atoms with van der Waals surface area (Å²) in [5.74, 6) is -0.0729. The lowest BCUT2D eigenvalue weighted by molar-refractivity contribution is 0.0869. The maximum atomic E-state index is 12.3. The molecule has 100 valence electrons. The largest absolute Gasteiger partial charge is 0.393 e. The summed E-state index contributed by atoms with van der Waals surface area (Å²) in [6, 6.07) is 5.74. The number of hydrogen-bond donors (Lipinski definition) is 3. The second-order valence-corrected chi connectivity index (χ2v) is 5.12. The first-order valence-corrected chi connectivity index (χ1v) is 6.65. The summed E-state index contributed by atoms with van der Waals surface area (Å²) in [7, 11) is 0. The Hall–Kier alpha value is -1.88. The molecule has 1 aromatic heterocycles. The molecule has 0 saturated heterocycles. The minimum absolute atomic E-state index is 0.0729. The molecule has 1 fully saturated rings. The highest BCUT2D eigenvalue weighted by molar-refractivity contribution is 6.05. The van der Waals surface area contributed by atoms with Gasteiger partial charge in [0.05, 0.1) is 23.4 Å². The van der Waals surface area contributed by atoms with Gasteiger partial charge < -0.3 is 10.4 Å². The van der Waals surface area contributed by atoms with Gasteiger partial charge in [-0.25, -0.2) is 0 Å². The molecule has 1 saturated carbocycles. The first-order chi connectivity index (χ1) is 9.24. The molecular weight excluding hydrogens is 242 g/mol. The van der Waals surface area contributed by atoms with Crippen molar-refractivity contribution >= 4 is 16.8 Å². The first kappa shape index (κ1) is 12.2. The third-order valence-electron chi connectivity index (χ3n) is 3.75. The number of nitrogens with one attached hydrogen (secondary N) is 2. The Kier molecular flexibility index (Phi) is 3.21. The molecule has 1 amide bonds. The van der Waals surface area contributed by atoms with Crippen molar-refractivity contribution in [2.75, 3.05) is 0 Å². The summed E-state index contributed by atoms with van der Waals surface area (Å²) in [6.45, 7) is 0. The van der Waals surface area contributed by atoms with Crippen molar-refractivity contribution in [1.29, 1.82) is 0 Å². The second-order valence-electron chi connectivity index (χ2n) is 5.12. The molecule has 0 radical (unpaired) electrons. The van der Waals surface area contributed by atoms with Crippen molar-refractivity contribution in [2.45, 2.75) is 37.8 Å². The Morgan fingerprint density at radius 3 is 2.89 bits per heavy atom. The summed E-state index contributed by atoms with van der Waals surface area (Å²) in [5.41, 5.74) is 1.40. The van der Waals surface area contributed by atoms with Crippen LogP contribution in [-0.4, -0.2) is 33.4 Å². The Morgan fingerprint density at radius 1 is 1.32 bits per heavy atom. The topological polar surface area (TPSA) is 78.0 Å². The smallest absolute Gasteiger partial charge is 0.253 e. The number of aromatic amines is 1. The highest BCUT2D eigenvalue weighted by atomic mass is 16.3. The number of carbonyl (C=O) groups is 1. The highest BCUT2D eigenvalue weighted by Crippen LogP contribution is 2.20. The summed E-state index contributed by atoms with van der Waals surface area (Å²) in [5, 5.41) is 20.3. The van der Waals surface area contributed by atoms with Crippen LogP contribution in [0.25, 0.3) is 10.9 Å². The van der Waals surface area contributed by atoms with Gasteiger partial charge in [-0.2, -0.15) is 5.10 Å². The van der Waals surface area contributed by atoms with Crippen LogP contribution >= 0.6 is 0 Å². The minimum atomic E-state index is -0.204. The van der Waals surface area contributed by atoms with Crippen LogP contribution in [0.1, 0.15) is 36.0 Å². The van der Waals surface area contributed by atoms with Crippen molar-refractivity contribution < 1.29 is 9.90 Å². The number of benzene rings is 1. The van der Waals surface area contributed by atoms with Crippen molar-refractivity contribution in [1.82, 2.24) is 15.5 Å². The number of carbonyl (C=O) groups excluding carboxylic acids is 1. The van der Waals surface area contributed by atoms with Crippen LogP contribution in [0.5, 0.6) is 0 Å². The summed E-state index contributed by atoms with van der Waals surface area (Å²) >= 11 is 0. The fraction of sp³-hybridized carbons (Fsp3) is 0.429. The fourth-order valence-corrected chi connectivity index (χ4v) is 2.64. The van der Waals surface area contributed by atoms with Crippen LogP contribution in [0.15, 0.2) is 24.4 Å². The Bertz CT molecular complexity index is 585. The van der Waals surface area contributed by atoms with Crippen molar-refractivity contribution in [2.24, 2.45) is 0 Å². The average molecular weight is 259 g/mol. The van der Waals surface area contributed by atoms with Crippen LogP contribution < -0.4 is 5.32 Å². The van der Waals surface area contributed by atoms with Gasteiger partial charge in [0.15, 0.2) is 0 Å². The molecule has 0 spiro atoms. The first-order valence-electron chi connectivity index (χ1n) is 6.65. The van der Waals surface area contributed by atoms with E-state index in [9.17, 15) is 9.90 Å². The van der Waals surface area contributed by atoms with Crippen LogP contribution in [-0.2, 0) is 0 Å². The molecule has 1 aliphatic rings. The quantitative estimate of drug-likeness (QED) is 0.766. The van der Waals surface area contributed by atoms with Gasteiger partial charge in [-0.05, 0) is 31.7 Å². The molecule has 3 N–H and O–H groups in total. The predicted octanol–water partition coefficient (Wildman–Crippen LogP) is 1.60. The van der Waals surface area contributed by atoms with E-state index in [4.69, 9.17) is 0 Å². The van der Waals surface area contributed by atoms with Gasteiger partial charge in [0, 0.05) is 11.4 Å². The zero-order chi connectivity index (χ0) is 13.2. The van der Waals surface area contributed by atoms with Crippen LogP contribution in [0, 0.1) is 0 Å². The Balaban J connectivity index is 1.75. The molecule has 2 aromatic rings. The van der Waals surface area contributed by atoms with Crippen LogP contribution in [0.3, 0.4) is 0 Å². The fourth-order valence-electron chi connectivity index (χ4n) is 2.64. The Labute approximate surface area is 111 Å². The van der Waals surface area contributed by atoms with Gasteiger partial charge in [0.25, 0.3) is 5.91 Å². The van der Waals surface area contributed by atoms with Gasteiger partial charge in [0.2, 0.25) is 0 Å². The summed E-state index contributed by atoms with van der Waals surface area (Å²) in [6.07, 6.45) is 4.71. The number of hydrogen-bond acceptors (Lipinski definition) is 3. The molecule has 5 heteroatoms. The van der Waals surface area contributed by atoms with Crippen LogP contribution in [0.2, 0.25) is 0 Å². The third kappa shape index (κ3) is 2.46. The number of aromatic nitrogens is 2.